The van der Waals surface area contributed by atoms with Gasteiger partial charge in [0.05, 0.1) is 6.10 Å². The third-order valence-corrected chi connectivity index (χ3v) is 2.75. The molecule has 1 amide bonds. The second kappa shape index (κ2) is 7.09. The molecule has 19 heavy (non-hydrogen) atoms. The van der Waals surface area contributed by atoms with Crippen LogP contribution in [-0.2, 0) is 4.79 Å². The first-order valence-electron chi connectivity index (χ1n) is 6.28. The molecule has 1 rings (SSSR count). The molecule has 2 N–H and O–H groups in total. The van der Waals surface area contributed by atoms with E-state index in [9.17, 15) is 14.3 Å². The highest BCUT2D eigenvalue weighted by atomic mass is 19.1. The summed E-state index contributed by atoms with van der Waals surface area (Å²) in [6.07, 6.45) is -1.29. The summed E-state index contributed by atoms with van der Waals surface area (Å²) in [5, 5.41) is 12.2. The number of hydrogen-bond acceptors (Lipinski definition) is 3. The number of carbonyl (C=O) groups excluding carboxylic acids is 1. The van der Waals surface area contributed by atoms with Crippen molar-refractivity contribution >= 4 is 5.91 Å². The molecule has 0 fully saturated rings. The molecule has 0 spiro atoms. The van der Waals surface area contributed by atoms with Gasteiger partial charge >= 0.3 is 0 Å². The summed E-state index contributed by atoms with van der Waals surface area (Å²) in [6, 6.07) is 5.45. The van der Waals surface area contributed by atoms with Gasteiger partial charge in [-0.15, -0.1) is 0 Å². The standard InChI is InChI=1S/C14H20FNO3/c1-9(2)13(17)8-16-14(18)10(3)19-12-6-4-11(15)5-7-12/h4-7,9-10,13,17H,8H2,1-3H3,(H,16,18). The quantitative estimate of drug-likeness (QED) is 0.827. The normalized spacial score (nSPS) is 14.0. The average Bonchev–Trinajstić information content (AvgIpc) is 2.37. The topological polar surface area (TPSA) is 58.6 Å². The maximum absolute atomic E-state index is 12.7. The second-order valence-electron chi connectivity index (χ2n) is 4.77. The van der Waals surface area contributed by atoms with Gasteiger partial charge in [0.15, 0.2) is 6.10 Å². The number of aliphatic hydroxyl groups is 1. The summed E-state index contributed by atoms with van der Waals surface area (Å²) in [7, 11) is 0. The number of amides is 1. The van der Waals surface area contributed by atoms with Crippen LogP contribution in [0.4, 0.5) is 4.39 Å². The van der Waals surface area contributed by atoms with E-state index in [1.165, 1.54) is 24.3 Å². The summed E-state index contributed by atoms with van der Waals surface area (Å²) in [6.45, 7) is 5.53. The Labute approximate surface area is 112 Å². The summed E-state index contributed by atoms with van der Waals surface area (Å²) in [5.74, 6) is -0.171. The van der Waals surface area contributed by atoms with Crippen molar-refractivity contribution in [1.82, 2.24) is 5.32 Å². The molecule has 4 nitrogen and oxygen atoms in total. The molecule has 0 radical (unpaired) electrons. The lowest BCUT2D eigenvalue weighted by Crippen LogP contribution is -2.41. The van der Waals surface area contributed by atoms with Crippen molar-refractivity contribution in [2.24, 2.45) is 5.92 Å². The maximum Gasteiger partial charge on any atom is 0.260 e. The van der Waals surface area contributed by atoms with Gasteiger partial charge in [-0.1, -0.05) is 13.8 Å². The van der Waals surface area contributed by atoms with Crippen LogP contribution in [0.2, 0.25) is 0 Å². The number of aliphatic hydroxyl groups excluding tert-OH is 1. The molecule has 0 aromatic heterocycles. The van der Waals surface area contributed by atoms with Gasteiger partial charge in [0.25, 0.3) is 5.91 Å². The molecule has 0 heterocycles. The monoisotopic (exact) mass is 269 g/mol. The molecule has 1 aromatic carbocycles. The predicted molar refractivity (Wildman–Crippen MR) is 70.3 cm³/mol. The van der Waals surface area contributed by atoms with Gasteiger partial charge in [-0.2, -0.15) is 0 Å². The number of rotatable bonds is 6. The van der Waals surface area contributed by atoms with Crippen molar-refractivity contribution in [2.75, 3.05) is 6.54 Å². The van der Waals surface area contributed by atoms with Crippen LogP contribution < -0.4 is 10.1 Å². The summed E-state index contributed by atoms with van der Waals surface area (Å²) < 4.78 is 18.1. The third kappa shape index (κ3) is 5.26. The van der Waals surface area contributed by atoms with Gasteiger partial charge in [0, 0.05) is 6.54 Å². The van der Waals surface area contributed by atoms with Crippen LogP contribution in [0, 0.1) is 11.7 Å². The van der Waals surface area contributed by atoms with Crippen molar-refractivity contribution in [3.63, 3.8) is 0 Å². The maximum atomic E-state index is 12.7. The molecule has 0 saturated heterocycles. The van der Waals surface area contributed by atoms with Gasteiger partial charge in [-0.25, -0.2) is 4.39 Å². The van der Waals surface area contributed by atoms with E-state index in [0.717, 1.165) is 0 Å². The fourth-order valence-electron chi connectivity index (χ4n) is 1.36. The number of carbonyl (C=O) groups is 1. The van der Waals surface area contributed by atoms with Crippen molar-refractivity contribution in [2.45, 2.75) is 33.0 Å². The average molecular weight is 269 g/mol. The Morgan fingerprint density at radius 2 is 1.89 bits per heavy atom. The molecule has 0 aliphatic carbocycles. The number of nitrogens with one attached hydrogen (secondary N) is 1. The fourth-order valence-corrected chi connectivity index (χ4v) is 1.36. The van der Waals surface area contributed by atoms with E-state index in [4.69, 9.17) is 4.74 Å². The third-order valence-electron chi connectivity index (χ3n) is 2.75. The van der Waals surface area contributed by atoms with E-state index < -0.39 is 12.2 Å². The molecule has 0 bridgehead atoms. The van der Waals surface area contributed by atoms with Gasteiger partial charge < -0.3 is 15.2 Å². The van der Waals surface area contributed by atoms with Crippen LogP contribution in [0.1, 0.15) is 20.8 Å². The van der Waals surface area contributed by atoms with E-state index in [-0.39, 0.29) is 24.2 Å². The van der Waals surface area contributed by atoms with Gasteiger partial charge in [-0.3, -0.25) is 4.79 Å². The Bertz CT molecular complexity index is 406. The first kappa shape index (κ1) is 15.4. The highest BCUT2D eigenvalue weighted by molar-refractivity contribution is 5.80. The smallest absolute Gasteiger partial charge is 0.260 e. The molecule has 0 aliphatic heterocycles. The molecular weight excluding hydrogens is 249 g/mol. The van der Waals surface area contributed by atoms with Gasteiger partial charge in [-0.05, 0) is 37.1 Å². The number of hydrogen-bond donors (Lipinski definition) is 2. The van der Waals surface area contributed by atoms with E-state index in [0.29, 0.717) is 5.75 Å². The minimum Gasteiger partial charge on any atom is -0.481 e. The Kier molecular flexibility index (Phi) is 5.76. The minimum absolute atomic E-state index is 0.0774. The molecule has 1 aromatic rings. The SMILES string of the molecule is CC(Oc1ccc(F)cc1)C(=O)NCC(O)C(C)C. The van der Waals surface area contributed by atoms with E-state index >= 15 is 0 Å². The number of ether oxygens (including phenoxy) is 1. The van der Waals surface area contributed by atoms with Crippen molar-refractivity contribution in [3.8, 4) is 5.75 Å². The van der Waals surface area contributed by atoms with Crippen LogP contribution in [-0.4, -0.2) is 29.8 Å². The molecule has 2 atom stereocenters. The van der Waals surface area contributed by atoms with Crippen LogP contribution >= 0.6 is 0 Å². The predicted octanol–water partition coefficient (Wildman–Crippen LogP) is 1.73. The summed E-state index contributed by atoms with van der Waals surface area (Å²) >= 11 is 0. The molecule has 2 unspecified atom stereocenters. The Balaban J connectivity index is 2.42. The van der Waals surface area contributed by atoms with Crippen LogP contribution in [0.25, 0.3) is 0 Å². The molecular formula is C14H20FNO3. The van der Waals surface area contributed by atoms with E-state index in [2.05, 4.69) is 5.32 Å². The van der Waals surface area contributed by atoms with Crippen molar-refractivity contribution < 1.29 is 19.0 Å². The molecule has 106 valence electrons. The zero-order valence-corrected chi connectivity index (χ0v) is 11.4. The highest BCUT2D eigenvalue weighted by Gasteiger charge is 2.17. The second-order valence-corrected chi connectivity index (χ2v) is 4.77. The van der Waals surface area contributed by atoms with Crippen LogP contribution in [0.3, 0.4) is 0 Å². The highest BCUT2D eigenvalue weighted by Crippen LogP contribution is 2.13. The molecule has 0 aliphatic rings. The lowest BCUT2D eigenvalue weighted by Gasteiger charge is -2.18. The molecule has 0 saturated carbocycles. The summed E-state index contributed by atoms with van der Waals surface area (Å²) in [5.41, 5.74) is 0. The summed E-state index contributed by atoms with van der Waals surface area (Å²) in [4.78, 5) is 11.7. The van der Waals surface area contributed by atoms with E-state index in [1.54, 1.807) is 6.92 Å². The first-order valence-corrected chi connectivity index (χ1v) is 6.28. The largest absolute Gasteiger partial charge is 0.481 e. The van der Waals surface area contributed by atoms with Crippen molar-refractivity contribution in [3.05, 3.63) is 30.1 Å². The van der Waals surface area contributed by atoms with E-state index in [1.807, 2.05) is 13.8 Å². The minimum atomic E-state index is -0.704. The first-order chi connectivity index (χ1) is 8.90. The zero-order valence-electron chi connectivity index (χ0n) is 11.4. The Hall–Kier alpha value is -1.62. The van der Waals surface area contributed by atoms with Gasteiger partial charge in [0.1, 0.15) is 11.6 Å². The lowest BCUT2D eigenvalue weighted by molar-refractivity contribution is -0.127. The van der Waals surface area contributed by atoms with Crippen LogP contribution in [0.5, 0.6) is 5.75 Å². The number of halogens is 1. The number of benzene rings is 1. The fraction of sp³-hybridized carbons (Fsp3) is 0.500. The Morgan fingerprint density at radius 3 is 2.42 bits per heavy atom. The molecule has 5 heteroatoms. The van der Waals surface area contributed by atoms with Crippen molar-refractivity contribution in [1.29, 1.82) is 0 Å². The lowest BCUT2D eigenvalue weighted by atomic mass is 10.1. The Morgan fingerprint density at radius 1 is 1.32 bits per heavy atom. The van der Waals surface area contributed by atoms with Crippen LogP contribution in [0.15, 0.2) is 24.3 Å². The van der Waals surface area contributed by atoms with Gasteiger partial charge in [0.2, 0.25) is 0 Å². The zero-order chi connectivity index (χ0) is 14.4.